The van der Waals surface area contributed by atoms with E-state index in [1.54, 1.807) is 0 Å². The number of aryl methyl sites for hydroxylation is 1. The summed E-state index contributed by atoms with van der Waals surface area (Å²) < 4.78 is 12.3. The fraction of sp³-hybridized carbons (Fsp3) is 0.0217. The summed E-state index contributed by atoms with van der Waals surface area (Å²) in [5.41, 5.74) is 9.51. The number of aromatic nitrogens is 3. The first kappa shape index (κ1) is 31.0. The van der Waals surface area contributed by atoms with Crippen LogP contribution in [0.5, 0.6) is 11.5 Å². The number of furan rings is 1. The van der Waals surface area contributed by atoms with Gasteiger partial charge in [-0.2, -0.15) is 0 Å². The summed E-state index contributed by atoms with van der Waals surface area (Å²) in [7, 11) is 0. The second-order valence-corrected chi connectivity index (χ2v) is 12.6. The Hall–Kier alpha value is -7.05. The van der Waals surface area contributed by atoms with E-state index in [1.807, 2.05) is 121 Å². The summed E-state index contributed by atoms with van der Waals surface area (Å²) in [6.07, 6.45) is 3.98. The van der Waals surface area contributed by atoms with Gasteiger partial charge in [0.15, 0.2) is 29.0 Å². The number of nitrogens with zero attached hydrogens (tertiary/aromatic N) is 4. The van der Waals surface area contributed by atoms with Crippen LogP contribution in [0, 0.1) is 6.92 Å². The van der Waals surface area contributed by atoms with E-state index in [-0.39, 0.29) is 0 Å². The third-order valence-corrected chi connectivity index (χ3v) is 9.31. The fourth-order valence-corrected chi connectivity index (χ4v) is 6.55. The standard InChI is InChI=1S/C46H32N4O2/c1-30(20-29-40-31(2)37-14-6-9-17-41(37)51-40)32-21-23-34(24-22-32)45-47-44(33-12-4-3-5-13-33)48-46(49-45)35-25-27-36(28-26-35)50-38-15-7-10-18-42(38)52-43-19-11-8-16-39(43)50/h3-29H,1H2,2H3/b29-20-. The third kappa shape index (κ3) is 5.72. The summed E-state index contributed by atoms with van der Waals surface area (Å²) in [5, 5.41) is 1.12. The number of allylic oxidation sites excluding steroid dienone is 2. The van der Waals surface area contributed by atoms with Crippen molar-refractivity contribution >= 4 is 39.7 Å². The number of anilines is 3. The molecule has 52 heavy (non-hydrogen) atoms. The molecule has 0 saturated carbocycles. The zero-order valence-corrected chi connectivity index (χ0v) is 28.4. The van der Waals surface area contributed by atoms with Crippen molar-refractivity contribution in [3.63, 3.8) is 0 Å². The summed E-state index contributed by atoms with van der Waals surface area (Å²) in [4.78, 5) is 17.1. The maximum atomic E-state index is 6.22. The van der Waals surface area contributed by atoms with E-state index in [2.05, 4.69) is 60.9 Å². The smallest absolute Gasteiger partial charge is 0.164 e. The molecule has 0 saturated heterocycles. The lowest BCUT2D eigenvalue weighted by atomic mass is 10.0. The Balaban J connectivity index is 1.04. The first-order valence-electron chi connectivity index (χ1n) is 17.1. The maximum absolute atomic E-state index is 6.22. The number of para-hydroxylation sites is 5. The van der Waals surface area contributed by atoms with Gasteiger partial charge < -0.3 is 14.1 Å². The highest BCUT2D eigenvalue weighted by Crippen LogP contribution is 2.50. The average Bonchev–Trinajstić information content (AvgIpc) is 3.54. The summed E-state index contributed by atoms with van der Waals surface area (Å²) >= 11 is 0. The first-order valence-corrected chi connectivity index (χ1v) is 17.1. The highest BCUT2D eigenvalue weighted by atomic mass is 16.5. The number of hydrogen-bond donors (Lipinski definition) is 0. The molecule has 3 heterocycles. The lowest BCUT2D eigenvalue weighted by Gasteiger charge is -2.32. The minimum absolute atomic E-state index is 0.592. The highest BCUT2D eigenvalue weighted by Gasteiger charge is 2.25. The number of hydrogen-bond acceptors (Lipinski definition) is 6. The summed E-state index contributed by atoms with van der Waals surface area (Å²) in [6.45, 7) is 6.40. The van der Waals surface area contributed by atoms with Crippen molar-refractivity contribution in [1.29, 1.82) is 0 Å². The van der Waals surface area contributed by atoms with Crippen LogP contribution in [0.4, 0.5) is 17.1 Å². The molecule has 8 aromatic rings. The van der Waals surface area contributed by atoms with E-state index in [0.29, 0.717) is 17.5 Å². The second kappa shape index (κ2) is 13.0. The van der Waals surface area contributed by atoms with Gasteiger partial charge in [0.2, 0.25) is 0 Å². The molecule has 1 aliphatic heterocycles. The molecule has 0 spiro atoms. The Labute approximate surface area is 301 Å². The van der Waals surface area contributed by atoms with Crippen molar-refractivity contribution in [2.75, 3.05) is 4.90 Å². The molecule has 0 N–H and O–H groups in total. The van der Waals surface area contributed by atoms with Gasteiger partial charge in [-0.3, -0.25) is 0 Å². The lowest BCUT2D eigenvalue weighted by molar-refractivity contribution is 0.477. The van der Waals surface area contributed by atoms with Gasteiger partial charge in [-0.25, -0.2) is 15.0 Å². The molecule has 0 aliphatic carbocycles. The Morgan fingerprint density at radius 3 is 1.71 bits per heavy atom. The van der Waals surface area contributed by atoms with Gasteiger partial charge in [-0.15, -0.1) is 0 Å². The Morgan fingerprint density at radius 2 is 1.10 bits per heavy atom. The molecule has 0 unspecified atom stereocenters. The summed E-state index contributed by atoms with van der Waals surface area (Å²) in [5.74, 6) is 4.25. The number of ether oxygens (including phenoxy) is 1. The van der Waals surface area contributed by atoms with Gasteiger partial charge >= 0.3 is 0 Å². The Morgan fingerprint density at radius 1 is 0.577 bits per heavy atom. The second-order valence-electron chi connectivity index (χ2n) is 12.6. The van der Waals surface area contributed by atoms with Gasteiger partial charge in [0, 0.05) is 33.3 Å². The monoisotopic (exact) mass is 672 g/mol. The van der Waals surface area contributed by atoms with Crippen molar-refractivity contribution < 1.29 is 9.15 Å². The van der Waals surface area contributed by atoms with Crippen LogP contribution in [0.2, 0.25) is 0 Å². The molecule has 6 aromatic carbocycles. The van der Waals surface area contributed by atoms with Gasteiger partial charge in [-0.1, -0.05) is 110 Å². The number of benzene rings is 6. The molecule has 248 valence electrons. The van der Waals surface area contributed by atoms with Gasteiger partial charge in [0.1, 0.15) is 11.3 Å². The van der Waals surface area contributed by atoms with E-state index in [0.717, 1.165) is 78.7 Å². The fourth-order valence-electron chi connectivity index (χ4n) is 6.55. The molecule has 1 aliphatic rings. The van der Waals surface area contributed by atoms with Crippen LogP contribution in [-0.4, -0.2) is 15.0 Å². The molecule has 0 fully saturated rings. The van der Waals surface area contributed by atoms with Gasteiger partial charge in [0.25, 0.3) is 0 Å². The SMILES string of the molecule is C=C(/C=C\c1oc2ccccc2c1C)c1ccc(-c2nc(-c3ccccc3)nc(-c3ccc(N4c5ccccc5Oc5ccccc54)cc3)n2)cc1. The Bertz CT molecular complexity index is 2580. The molecule has 9 rings (SSSR count). The minimum atomic E-state index is 0.592. The lowest BCUT2D eigenvalue weighted by Crippen LogP contribution is -2.15. The average molecular weight is 673 g/mol. The largest absolute Gasteiger partial charge is 0.456 e. The van der Waals surface area contributed by atoms with Crippen molar-refractivity contribution in [2.24, 2.45) is 0 Å². The van der Waals surface area contributed by atoms with Crippen molar-refractivity contribution in [2.45, 2.75) is 6.92 Å². The first-order chi connectivity index (χ1) is 25.6. The van der Waals surface area contributed by atoms with Crippen molar-refractivity contribution in [3.8, 4) is 45.7 Å². The zero-order chi connectivity index (χ0) is 35.0. The molecule has 0 bridgehead atoms. The highest BCUT2D eigenvalue weighted by molar-refractivity contribution is 5.88. The molecule has 0 radical (unpaired) electrons. The molecular formula is C46H32N4O2. The van der Waals surface area contributed by atoms with E-state index in [1.165, 1.54) is 0 Å². The molecule has 6 heteroatoms. The predicted molar refractivity (Wildman–Crippen MR) is 210 cm³/mol. The molecular weight excluding hydrogens is 641 g/mol. The van der Waals surface area contributed by atoms with Crippen LogP contribution < -0.4 is 9.64 Å². The molecule has 2 aromatic heterocycles. The Kier molecular flexibility index (Phi) is 7.75. The predicted octanol–water partition coefficient (Wildman–Crippen LogP) is 12.2. The summed E-state index contributed by atoms with van der Waals surface area (Å²) in [6, 6.07) is 50.7. The molecule has 6 nitrogen and oxygen atoms in total. The van der Waals surface area contributed by atoms with E-state index >= 15 is 0 Å². The maximum Gasteiger partial charge on any atom is 0.164 e. The van der Waals surface area contributed by atoms with Crippen molar-refractivity contribution in [1.82, 2.24) is 15.0 Å². The van der Waals surface area contributed by atoms with E-state index in [9.17, 15) is 0 Å². The molecule has 0 atom stereocenters. The minimum Gasteiger partial charge on any atom is -0.456 e. The van der Waals surface area contributed by atoms with Crippen LogP contribution in [0.15, 0.2) is 169 Å². The van der Waals surface area contributed by atoms with Crippen LogP contribution in [0.3, 0.4) is 0 Å². The topological polar surface area (TPSA) is 64.3 Å². The van der Waals surface area contributed by atoms with Gasteiger partial charge in [-0.05, 0) is 78.7 Å². The number of fused-ring (bicyclic) bond motifs is 3. The number of rotatable bonds is 7. The van der Waals surface area contributed by atoms with Crippen LogP contribution in [0.1, 0.15) is 16.9 Å². The van der Waals surface area contributed by atoms with E-state index in [4.69, 9.17) is 24.1 Å². The van der Waals surface area contributed by atoms with Crippen molar-refractivity contribution in [3.05, 3.63) is 181 Å². The van der Waals surface area contributed by atoms with Crippen LogP contribution in [-0.2, 0) is 0 Å². The molecule has 0 amide bonds. The normalized spacial score (nSPS) is 12.1. The zero-order valence-electron chi connectivity index (χ0n) is 28.4. The van der Waals surface area contributed by atoms with Gasteiger partial charge in [0.05, 0.1) is 11.4 Å². The van der Waals surface area contributed by atoms with Crippen LogP contribution >= 0.6 is 0 Å². The quantitative estimate of drug-likeness (QED) is 0.157. The third-order valence-electron chi connectivity index (χ3n) is 9.31. The van der Waals surface area contributed by atoms with Crippen LogP contribution in [0.25, 0.3) is 56.8 Å². The van der Waals surface area contributed by atoms with E-state index < -0.39 is 0 Å².